The molecule has 0 saturated heterocycles. The van der Waals surface area contributed by atoms with Gasteiger partial charge in [0.05, 0.1) is 12.5 Å². The van der Waals surface area contributed by atoms with Gasteiger partial charge in [-0.05, 0) is 0 Å². The summed E-state index contributed by atoms with van der Waals surface area (Å²) in [6.07, 6.45) is 2.37. The van der Waals surface area contributed by atoms with Crippen molar-refractivity contribution in [3.8, 4) is 0 Å². The Balaban J connectivity index is 0.000001000. The highest BCUT2D eigenvalue weighted by Gasteiger charge is 2.12. The number of aryl methyl sites for hydroxylation is 1. The van der Waals surface area contributed by atoms with Gasteiger partial charge in [-0.3, -0.25) is 4.55 Å². The van der Waals surface area contributed by atoms with Crippen LogP contribution < -0.4 is 0 Å². The molecule has 1 rings (SSSR count). The number of halogens is 1. The van der Waals surface area contributed by atoms with Crippen molar-refractivity contribution < 1.29 is 13.0 Å². The van der Waals surface area contributed by atoms with Gasteiger partial charge in [-0.15, -0.1) is 12.4 Å². The largest absolute Gasteiger partial charge is 0.323 e. The van der Waals surface area contributed by atoms with Crippen LogP contribution in [0.15, 0.2) is 17.6 Å². The third-order valence-electron chi connectivity index (χ3n) is 1.04. The Hall–Kier alpha value is -0.590. The molecule has 0 aromatic carbocycles. The Kier molecular flexibility index (Phi) is 3.03. The van der Waals surface area contributed by atoms with E-state index in [4.69, 9.17) is 4.55 Å². The molecule has 7 heteroatoms. The molecule has 0 radical (unpaired) electrons. The average Bonchev–Trinajstić information content (AvgIpc) is 2.11. The van der Waals surface area contributed by atoms with Gasteiger partial charge in [0.2, 0.25) is 0 Å². The second-order valence-corrected chi connectivity index (χ2v) is 3.19. The van der Waals surface area contributed by atoms with Crippen LogP contribution in [0.3, 0.4) is 0 Å². The molecule has 64 valence electrons. The van der Waals surface area contributed by atoms with Crippen molar-refractivity contribution in [2.45, 2.75) is 5.03 Å². The third-order valence-corrected chi connectivity index (χ3v) is 1.96. The van der Waals surface area contributed by atoms with Crippen molar-refractivity contribution in [3.05, 3.63) is 12.5 Å². The van der Waals surface area contributed by atoms with E-state index in [0.717, 1.165) is 6.20 Å². The van der Waals surface area contributed by atoms with Crippen LogP contribution in [0.25, 0.3) is 0 Å². The van der Waals surface area contributed by atoms with Crippen LogP contribution in [0.4, 0.5) is 0 Å². The zero-order valence-electron chi connectivity index (χ0n) is 5.63. The molecule has 1 N–H and O–H groups in total. The van der Waals surface area contributed by atoms with Crippen molar-refractivity contribution in [3.63, 3.8) is 0 Å². The molecule has 0 bridgehead atoms. The number of rotatable bonds is 1. The van der Waals surface area contributed by atoms with Crippen molar-refractivity contribution in [1.82, 2.24) is 9.55 Å². The minimum Gasteiger partial charge on any atom is -0.323 e. The van der Waals surface area contributed by atoms with Gasteiger partial charge in [0.15, 0.2) is 5.03 Å². The predicted octanol–water partition coefficient (Wildman–Crippen LogP) is 0.0886. The van der Waals surface area contributed by atoms with Crippen LogP contribution in [0.5, 0.6) is 0 Å². The SMILES string of the molecule is Cl.Cn1cncc1S(=O)(=O)O. The van der Waals surface area contributed by atoms with Gasteiger partial charge in [-0.2, -0.15) is 8.42 Å². The van der Waals surface area contributed by atoms with E-state index in [1.165, 1.54) is 17.9 Å². The molecule has 0 saturated carbocycles. The summed E-state index contributed by atoms with van der Waals surface area (Å²) in [5.74, 6) is 0. The van der Waals surface area contributed by atoms with E-state index in [1.807, 2.05) is 0 Å². The minimum absolute atomic E-state index is 0. The van der Waals surface area contributed by atoms with Gasteiger partial charge in [-0.25, -0.2) is 4.98 Å². The summed E-state index contributed by atoms with van der Waals surface area (Å²) in [6.45, 7) is 0. The Morgan fingerprint density at radius 2 is 2.18 bits per heavy atom. The molecule has 5 nitrogen and oxygen atoms in total. The molecule has 1 aromatic heterocycles. The van der Waals surface area contributed by atoms with Crippen LogP contribution in [0.1, 0.15) is 0 Å². The van der Waals surface area contributed by atoms with Crippen LogP contribution in [0, 0.1) is 0 Å². The van der Waals surface area contributed by atoms with E-state index in [9.17, 15) is 8.42 Å². The number of hydrogen-bond acceptors (Lipinski definition) is 3. The molecule has 0 amide bonds. The lowest BCUT2D eigenvalue weighted by Crippen LogP contribution is -2.03. The van der Waals surface area contributed by atoms with Crippen molar-refractivity contribution in [2.24, 2.45) is 7.05 Å². The number of aromatic nitrogens is 2. The van der Waals surface area contributed by atoms with E-state index < -0.39 is 10.1 Å². The molecular weight excluding hydrogens is 192 g/mol. The lowest BCUT2D eigenvalue weighted by molar-refractivity contribution is 0.474. The molecule has 11 heavy (non-hydrogen) atoms. The van der Waals surface area contributed by atoms with E-state index in [-0.39, 0.29) is 17.4 Å². The maximum absolute atomic E-state index is 10.4. The highest BCUT2D eigenvalue weighted by Crippen LogP contribution is 2.03. The van der Waals surface area contributed by atoms with Gasteiger partial charge in [0, 0.05) is 7.05 Å². The Morgan fingerprint density at radius 1 is 1.64 bits per heavy atom. The molecule has 1 heterocycles. The second-order valence-electron chi connectivity index (χ2n) is 1.82. The normalized spacial score (nSPS) is 10.7. The summed E-state index contributed by atoms with van der Waals surface area (Å²) < 4.78 is 30.5. The molecule has 0 aliphatic carbocycles. The van der Waals surface area contributed by atoms with Crippen molar-refractivity contribution >= 4 is 22.5 Å². The number of hydrogen-bond donors (Lipinski definition) is 1. The molecule has 0 aliphatic heterocycles. The lowest BCUT2D eigenvalue weighted by Gasteiger charge is -1.94. The highest BCUT2D eigenvalue weighted by molar-refractivity contribution is 7.85. The van der Waals surface area contributed by atoms with Crippen molar-refractivity contribution in [1.29, 1.82) is 0 Å². The molecular formula is C4H7ClN2O3S. The summed E-state index contributed by atoms with van der Waals surface area (Å²) in [7, 11) is -2.61. The summed E-state index contributed by atoms with van der Waals surface area (Å²) >= 11 is 0. The van der Waals surface area contributed by atoms with Crippen LogP contribution in [0.2, 0.25) is 0 Å². The maximum atomic E-state index is 10.4. The van der Waals surface area contributed by atoms with E-state index in [2.05, 4.69) is 4.98 Å². The van der Waals surface area contributed by atoms with Gasteiger partial charge >= 0.3 is 10.1 Å². The molecule has 0 spiro atoms. The zero-order valence-corrected chi connectivity index (χ0v) is 7.26. The minimum atomic E-state index is -4.09. The van der Waals surface area contributed by atoms with E-state index in [0.29, 0.717) is 0 Å². The molecule has 0 fully saturated rings. The molecule has 0 atom stereocenters. The Morgan fingerprint density at radius 3 is 2.36 bits per heavy atom. The number of imidazole rings is 1. The molecule has 1 aromatic rings. The fourth-order valence-electron chi connectivity index (χ4n) is 0.594. The predicted molar refractivity (Wildman–Crippen MR) is 40.3 cm³/mol. The van der Waals surface area contributed by atoms with E-state index >= 15 is 0 Å². The lowest BCUT2D eigenvalue weighted by atomic mass is 10.9. The first-order valence-electron chi connectivity index (χ1n) is 2.45. The zero-order chi connectivity index (χ0) is 7.78. The van der Waals surface area contributed by atoms with E-state index in [1.54, 1.807) is 0 Å². The fraction of sp³-hybridized carbons (Fsp3) is 0.250. The average molecular weight is 199 g/mol. The summed E-state index contributed by atoms with van der Waals surface area (Å²) in [6, 6.07) is 0. The highest BCUT2D eigenvalue weighted by atomic mass is 35.5. The van der Waals surface area contributed by atoms with Crippen LogP contribution in [-0.2, 0) is 17.2 Å². The van der Waals surface area contributed by atoms with Crippen LogP contribution in [-0.4, -0.2) is 22.5 Å². The first kappa shape index (κ1) is 10.4. The monoisotopic (exact) mass is 198 g/mol. The Bertz CT molecular complexity index is 331. The van der Waals surface area contributed by atoms with Crippen molar-refractivity contribution in [2.75, 3.05) is 0 Å². The van der Waals surface area contributed by atoms with Gasteiger partial charge in [-0.1, -0.05) is 0 Å². The maximum Gasteiger partial charge on any atom is 0.311 e. The summed E-state index contributed by atoms with van der Waals surface area (Å²) in [5, 5.41) is -0.201. The first-order valence-corrected chi connectivity index (χ1v) is 3.89. The van der Waals surface area contributed by atoms with Gasteiger partial charge in [0.25, 0.3) is 0 Å². The molecule has 0 aliphatic rings. The quantitative estimate of drug-likeness (QED) is 0.650. The topological polar surface area (TPSA) is 72.2 Å². The fourth-order valence-corrected chi connectivity index (χ4v) is 1.20. The van der Waals surface area contributed by atoms with Gasteiger partial charge < -0.3 is 4.57 Å². The summed E-state index contributed by atoms with van der Waals surface area (Å²) in [4.78, 5) is 3.51. The van der Waals surface area contributed by atoms with Gasteiger partial charge in [0.1, 0.15) is 0 Å². The third kappa shape index (κ3) is 2.18. The number of nitrogens with zero attached hydrogens (tertiary/aromatic N) is 2. The first-order chi connectivity index (χ1) is 4.52. The standard InChI is InChI=1S/C4H6N2O3S.ClH/c1-6-3-5-2-4(6)10(7,8)9;/h2-3H,1H3,(H,7,8,9);1H. The summed E-state index contributed by atoms with van der Waals surface area (Å²) in [5.41, 5.74) is 0. The Labute approximate surface area is 70.2 Å². The second kappa shape index (κ2) is 3.21. The molecule has 0 unspecified atom stereocenters. The van der Waals surface area contributed by atoms with Crippen LogP contribution >= 0.6 is 12.4 Å². The smallest absolute Gasteiger partial charge is 0.311 e.